The summed E-state index contributed by atoms with van der Waals surface area (Å²) in [5.41, 5.74) is 3.34. The van der Waals surface area contributed by atoms with E-state index in [4.69, 9.17) is 16.3 Å². The quantitative estimate of drug-likeness (QED) is 0.163. The van der Waals surface area contributed by atoms with Gasteiger partial charge in [-0.2, -0.15) is 0 Å². The van der Waals surface area contributed by atoms with Crippen LogP contribution >= 0.6 is 11.6 Å². The molecule has 10 heteroatoms. The Morgan fingerprint density at radius 2 is 1.56 bits per heavy atom. The summed E-state index contributed by atoms with van der Waals surface area (Å²) in [5, 5.41) is 10.9. The second-order valence-corrected chi connectivity index (χ2v) is 16.8. The maximum Gasteiger partial charge on any atom is 0.246 e. The smallest absolute Gasteiger partial charge is 0.246 e. The van der Waals surface area contributed by atoms with Crippen LogP contribution in [0, 0.1) is 29.6 Å². The lowest BCUT2D eigenvalue weighted by molar-refractivity contribution is -0.144. The van der Waals surface area contributed by atoms with Crippen LogP contribution < -0.4 is 9.64 Å². The van der Waals surface area contributed by atoms with Gasteiger partial charge >= 0.3 is 0 Å². The number of imide groups is 2. The normalized spacial score (nSPS) is 28.6. The maximum atomic E-state index is 15.5. The van der Waals surface area contributed by atoms with Crippen LogP contribution in [0.15, 0.2) is 127 Å². The van der Waals surface area contributed by atoms with Gasteiger partial charge in [0, 0.05) is 48.6 Å². The number of carbonyl (C=O) groups excluding carboxylic acids is 4. The fraction of sp³-hybridized carbons (Fsp3) is 0.319. The number of aromatic hydroxyl groups is 1. The number of nitrogens with zero attached hydrogens (tertiary/aromatic N) is 3. The van der Waals surface area contributed by atoms with Crippen LogP contribution in [-0.4, -0.2) is 57.7 Å². The molecular formula is C47H42ClN3O6. The van der Waals surface area contributed by atoms with E-state index in [1.165, 1.54) is 10.5 Å². The lowest BCUT2D eigenvalue weighted by atomic mass is 9.48. The van der Waals surface area contributed by atoms with Crippen LogP contribution in [0.5, 0.6) is 11.5 Å². The van der Waals surface area contributed by atoms with Crippen molar-refractivity contribution in [2.75, 3.05) is 18.0 Å². The van der Waals surface area contributed by atoms with E-state index in [0.717, 1.165) is 36.3 Å². The summed E-state index contributed by atoms with van der Waals surface area (Å²) in [5.74, 6) is -3.51. The lowest BCUT2D eigenvalue weighted by Crippen LogP contribution is -2.55. The number of anilines is 1. The SMILES string of the molecule is O=C1[C@@H]2C[C@@H]3C(=CC[C@@H]4C(=O)N(C5CCN(Cc6ccccc6)CC5)C(=O)[C@@H]43)[C@H](C3=COc4ccc(O)cc4C3)[C@]2(c2ccccc2)C(=O)N1c1cccc(Cl)c1. The molecule has 0 unspecified atom stereocenters. The topological polar surface area (TPSA) is 107 Å². The number of rotatable bonds is 6. The number of phenolic OH excluding ortho intramolecular Hbond substituents is 1. The molecule has 4 fully saturated rings. The molecule has 1 saturated carbocycles. The van der Waals surface area contributed by atoms with Crippen molar-refractivity contribution in [3.8, 4) is 11.5 Å². The number of fused-ring (bicyclic) bond motifs is 5. The molecule has 4 aromatic carbocycles. The molecule has 4 aliphatic heterocycles. The molecule has 57 heavy (non-hydrogen) atoms. The Morgan fingerprint density at radius 3 is 2.32 bits per heavy atom. The highest BCUT2D eigenvalue weighted by Crippen LogP contribution is 2.64. The second-order valence-electron chi connectivity index (χ2n) is 16.4. The number of hydrogen-bond donors (Lipinski definition) is 1. The van der Waals surface area contributed by atoms with E-state index in [1.807, 2.05) is 48.5 Å². The first-order valence-corrected chi connectivity index (χ1v) is 20.3. The fourth-order valence-electron chi connectivity index (χ4n) is 11.1. The highest BCUT2D eigenvalue weighted by molar-refractivity contribution is 6.32. The first-order chi connectivity index (χ1) is 27.7. The predicted octanol–water partition coefficient (Wildman–Crippen LogP) is 7.22. The number of benzene rings is 4. The van der Waals surface area contributed by atoms with E-state index in [-0.39, 0.29) is 41.8 Å². The van der Waals surface area contributed by atoms with Gasteiger partial charge in [-0.15, -0.1) is 0 Å². The molecule has 9 nitrogen and oxygen atoms in total. The molecule has 288 valence electrons. The standard InChI is InChI=1S/C47H42ClN3O6/c48-32-12-7-13-34(24-32)51-44(54)39-25-38-36(15-16-37-41(38)45(55)50(43(37)53)33-18-20-49(21-19-33)26-28-8-3-1-4-9-28)42(47(39,46(51)56)31-10-5-2-6-11-31)30-22-29-23-35(52)14-17-40(29)57-27-30/h1-15,17,23-24,27,33,37-39,41-42,52H,16,18-22,25-26H2/t37-,38+,39-,41-,42-,47+/m0/s1. The van der Waals surface area contributed by atoms with Crippen LogP contribution in [0.25, 0.3) is 0 Å². The number of phenols is 1. The molecule has 10 rings (SSSR count). The van der Waals surface area contributed by atoms with Crippen molar-refractivity contribution in [3.05, 3.63) is 148 Å². The van der Waals surface area contributed by atoms with Crippen LogP contribution in [0.4, 0.5) is 5.69 Å². The molecule has 4 heterocycles. The molecular weight excluding hydrogens is 738 g/mol. The zero-order chi connectivity index (χ0) is 39.0. The molecule has 1 N–H and O–H groups in total. The second kappa shape index (κ2) is 13.9. The van der Waals surface area contributed by atoms with Gasteiger partial charge in [0.05, 0.1) is 35.1 Å². The number of carbonyl (C=O) groups is 4. The first-order valence-electron chi connectivity index (χ1n) is 19.9. The molecule has 0 spiro atoms. The molecule has 3 saturated heterocycles. The van der Waals surface area contributed by atoms with E-state index in [0.29, 0.717) is 47.7 Å². The lowest BCUT2D eigenvalue weighted by Gasteiger charge is -2.51. The average Bonchev–Trinajstić information content (AvgIpc) is 3.62. The number of likely N-dealkylation sites (tertiary alicyclic amines) is 2. The average molecular weight is 780 g/mol. The highest BCUT2D eigenvalue weighted by Gasteiger charge is 2.70. The van der Waals surface area contributed by atoms with Crippen molar-refractivity contribution in [2.45, 2.75) is 50.1 Å². The number of amides is 4. The van der Waals surface area contributed by atoms with Crippen LogP contribution in [0.2, 0.25) is 5.02 Å². The van der Waals surface area contributed by atoms with Crippen molar-refractivity contribution in [2.24, 2.45) is 29.6 Å². The summed E-state index contributed by atoms with van der Waals surface area (Å²) in [6, 6.07) is 31.4. The Balaban J connectivity index is 1.06. The summed E-state index contributed by atoms with van der Waals surface area (Å²) < 4.78 is 6.25. The third kappa shape index (κ3) is 5.61. The molecule has 4 amide bonds. The monoisotopic (exact) mass is 779 g/mol. The Kier molecular flexibility index (Phi) is 8.72. The van der Waals surface area contributed by atoms with Gasteiger partial charge in [-0.1, -0.05) is 90.0 Å². The maximum absolute atomic E-state index is 15.5. The molecule has 4 aromatic rings. The summed E-state index contributed by atoms with van der Waals surface area (Å²) in [4.78, 5) is 65.2. The third-order valence-electron chi connectivity index (χ3n) is 13.5. The van der Waals surface area contributed by atoms with E-state index >= 15 is 9.59 Å². The number of hydrogen-bond acceptors (Lipinski definition) is 7. The minimum absolute atomic E-state index is 0.0933. The van der Waals surface area contributed by atoms with Gasteiger partial charge in [-0.25, -0.2) is 4.90 Å². The van der Waals surface area contributed by atoms with E-state index in [9.17, 15) is 14.7 Å². The number of halogens is 1. The van der Waals surface area contributed by atoms with Crippen LogP contribution in [-0.2, 0) is 37.6 Å². The number of ether oxygens (including phenoxy) is 1. The molecule has 6 atom stereocenters. The van der Waals surface area contributed by atoms with E-state index in [1.54, 1.807) is 53.6 Å². The van der Waals surface area contributed by atoms with Gasteiger partial charge in [0.2, 0.25) is 23.6 Å². The zero-order valence-electron chi connectivity index (χ0n) is 31.3. The third-order valence-corrected chi connectivity index (χ3v) is 13.8. The van der Waals surface area contributed by atoms with E-state index < -0.39 is 35.0 Å². The van der Waals surface area contributed by atoms with Crippen molar-refractivity contribution in [3.63, 3.8) is 0 Å². The van der Waals surface area contributed by atoms with Gasteiger partial charge in [0.1, 0.15) is 11.5 Å². The fourth-order valence-corrected chi connectivity index (χ4v) is 11.3. The zero-order valence-corrected chi connectivity index (χ0v) is 32.1. The van der Waals surface area contributed by atoms with Gasteiger partial charge in [0.25, 0.3) is 0 Å². The summed E-state index contributed by atoms with van der Waals surface area (Å²) in [6.45, 7) is 2.39. The number of piperidine rings is 1. The van der Waals surface area contributed by atoms with Gasteiger partial charge < -0.3 is 9.84 Å². The van der Waals surface area contributed by atoms with Crippen LogP contribution in [0.1, 0.15) is 42.4 Å². The Bertz CT molecular complexity index is 2370. The predicted molar refractivity (Wildman–Crippen MR) is 214 cm³/mol. The Morgan fingerprint density at radius 1 is 0.807 bits per heavy atom. The Hall–Kier alpha value is -5.51. The van der Waals surface area contributed by atoms with Crippen LogP contribution in [0.3, 0.4) is 0 Å². The minimum atomic E-state index is -1.39. The molecule has 0 radical (unpaired) electrons. The van der Waals surface area contributed by atoms with Gasteiger partial charge in [-0.3, -0.25) is 29.0 Å². The van der Waals surface area contributed by atoms with Crippen molar-refractivity contribution in [1.82, 2.24) is 9.80 Å². The summed E-state index contributed by atoms with van der Waals surface area (Å²) in [7, 11) is 0. The van der Waals surface area contributed by atoms with Crippen molar-refractivity contribution >= 4 is 40.9 Å². The van der Waals surface area contributed by atoms with Gasteiger partial charge in [0.15, 0.2) is 0 Å². The molecule has 0 aromatic heterocycles. The Labute approximate surface area is 336 Å². The largest absolute Gasteiger partial charge is 0.508 e. The summed E-state index contributed by atoms with van der Waals surface area (Å²) >= 11 is 6.47. The molecule has 0 bridgehead atoms. The minimum Gasteiger partial charge on any atom is -0.508 e. The molecule has 2 aliphatic carbocycles. The van der Waals surface area contributed by atoms with Crippen molar-refractivity contribution < 1.29 is 29.0 Å². The first kappa shape index (κ1) is 35.9. The highest BCUT2D eigenvalue weighted by atomic mass is 35.5. The van der Waals surface area contributed by atoms with E-state index in [2.05, 4.69) is 23.1 Å². The number of allylic oxidation sites excluding steroid dienone is 3. The van der Waals surface area contributed by atoms with Gasteiger partial charge in [-0.05, 0) is 84.7 Å². The summed E-state index contributed by atoms with van der Waals surface area (Å²) in [6.07, 6.45) is 6.14. The molecule has 6 aliphatic rings. The van der Waals surface area contributed by atoms with Crippen molar-refractivity contribution in [1.29, 1.82) is 0 Å².